The predicted octanol–water partition coefficient (Wildman–Crippen LogP) is 0.788. The topological polar surface area (TPSA) is 87.2 Å². The monoisotopic (exact) mass is 286 g/mol. The molecular weight excluding hydrogens is 264 g/mol. The van der Waals surface area contributed by atoms with Crippen molar-refractivity contribution in [1.29, 1.82) is 0 Å². The number of amides is 2. The Morgan fingerprint density at radius 1 is 1.40 bits per heavy atom. The molecule has 0 radical (unpaired) electrons. The number of esters is 1. The second-order valence-electron chi connectivity index (χ2n) is 4.96. The highest BCUT2D eigenvalue weighted by Gasteiger charge is 2.29. The fraction of sp³-hybridized carbons (Fsp3) is 0.769. The molecule has 0 aromatic carbocycles. The number of hydrogen-bond donors (Lipinski definition) is 1. The van der Waals surface area contributed by atoms with Gasteiger partial charge < -0.3 is 19.6 Å². The number of ether oxygens (including phenoxy) is 1. The van der Waals surface area contributed by atoms with Gasteiger partial charge in [0.15, 0.2) is 0 Å². The molecule has 1 rings (SSSR count). The number of likely N-dealkylation sites (tertiary alicyclic amines) is 1. The maximum absolute atomic E-state index is 12.1. The highest BCUT2D eigenvalue weighted by atomic mass is 16.5. The van der Waals surface area contributed by atoms with Crippen LogP contribution in [0.2, 0.25) is 0 Å². The van der Waals surface area contributed by atoms with Crippen LogP contribution in [0.3, 0.4) is 0 Å². The van der Waals surface area contributed by atoms with Crippen molar-refractivity contribution >= 4 is 18.0 Å². The van der Waals surface area contributed by atoms with E-state index in [0.717, 1.165) is 0 Å². The van der Waals surface area contributed by atoms with Crippen molar-refractivity contribution in [3.05, 3.63) is 0 Å². The van der Waals surface area contributed by atoms with E-state index < -0.39 is 5.97 Å². The molecule has 1 aliphatic heterocycles. The van der Waals surface area contributed by atoms with Crippen LogP contribution in [-0.4, -0.2) is 66.2 Å². The van der Waals surface area contributed by atoms with Gasteiger partial charge in [0.1, 0.15) is 0 Å². The molecule has 20 heavy (non-hydrogen) atoms. The van der Waals surface area contributed by atoms with Gasteiger partial charge in [0.25, 0.3) is 0 Å². The molecule has 0 aromatic heterocycles. The average molecular weight is 286 g/mol. The minimum absolute atomic E-state index is 0.0231. The van der Waals surface area contributed by atoms with Gasteiger partial charge in [0.2, 0.25) is 0 Å². The Morgan fingerprint density at radius 3 is 2.70 bits per heavy atom. The van der Waals surface area contributed by atoms with Gasteiger partial charge in [0.05, 0.1) is 13.0 Å². The minimum atomic E-state index is -0.833. The van der Waals surface area contributed by atoms with E-state index >= 15 is 0 Å². The van der Waals surface area contributed by atoms with Crippen molar-refractivity contribution in [1.82, 2.24) is 9.80 Å². The molecule has 1 fully saturated rings. The Balaban J connectivity index is 2.34. The Morgan fingerprint density at radius 2 is 2.10 bits per heavy atom. The second-order valence-corrected chi connectivity index (χ2v) is 4.96. The lowest BCUT2D eigenvalue weighted by Gasteiger charge is -2.24. The number of urea groups is 1. The zero-order valence-electron chi connectivity index (χ0n) is 12.0. The van der Waals surface area contributed by atoms with Gasteiger partial charge in [-0.25, -0.2) is 4.79 Å². The van der Waals surface area contributed by atoms with E-state index in [9.17, 15) is 14.4 Å². The molecule has 7 nitrogen and oxygen atoms in total. The Bertz CT molecular complexity index is 372. The molecule has 1 aliphatic rings. The summed E-state index contributed by atoms with van der Waals surface area (Å²) in [6.07, 6.45) is 0.975. The molecule has 0 aliphatic carbocycles. The lowest BCUT2D eigenvalue weighted by Crippen LogP contribution is -2.40. The molecule has 0 saturated carbocycles. The summed E-state index contributed by atoms with van der Waals surface area (Å²) in [4.78, 5) is 37.1. The summed E-state index contributed by atoms with van der Waals surface area (Å²) in [5.74, 6) is -1.13. The van der Waals surface area contributed by atoms with Gasteiger partial charge in [-0.05, 0) is 19.3 Å². The van der Waals surface area contributed by atoms with Crippen molar-refractivity contribution in [2.24, 2.45) is 5.92 Å². The van der Waals surface area contributed by atoms with Gasteiger partial charge in [-0.15, -0.1) is 0 Å². The predicted molar refractivity (Wildman–Crippen MR) is 71.2 cm³/mol. The van der Waals surface area contributed by atoms with Gasteiger partial charge in [0, 0.05) is 33.1 Å². The number of carbonyl (C=O) groups excluding carboxylic acids is 2. The summed E-state index contributed by atoms with van der Waals surface area (Å²) in [6.45, 7) is 3.41. The first-order chi connectivity index (χ1) is 9.43. The number of nitrogens with zero attached hydrogens (tertiary/aromatic N) is 2. The third-order valence-electron chi connectivity index (χ3n) is 3.30. The Labute approximate surface area is 118 Å². The molecule has 1 heterocycles. The summed E-state index contributed by atoms with van der Waals surface area (Å²) >= 11 is 0. The normalized spacial score (nSPS) is 17.9. The number of carboxylic acids is 1. The number of carbonyl (C=O) groups is 3. The van der Waals surface area contributed by atoms with E-state index in [1.807, 2.05) is 0 Å². The maximum Gasteiger partial charge on any atom is 0.319 e. The van der Waals surface area contributed by atoms with Gasteiger partial charge in [-0.3, -0.25) is 9.59 Å². The molecule has 0 aromatic rings. The third-order valence-corrected chi connectivity index (χ3v) is 3.30. The van der Waals surface area contributed by atoms with Crippen LogP contribution >= 0.6 is 0 Å². The second kappa shape index (κ2) is 7.72. The Kier molecular flexibility index (Phi) is 6.27. The lowest BCUT2D eigenvalue weighted by atomic mass is 10.1. The molecular formula is C13H22N2O5. The average Bonchev–Trinajstić information content (AvgIpc) is 2.83. The first kappa shape index (κ1) is 16.3. The molecule has 0 spiro atoms. The van der Waals surface area contributed by atoms with E-state index in [-0.39, 0.29) is 30.8 Å². The zero-order valence-corrected chi connectivity index (χ0v) is 12.0. The van der Waals surface area contributed by atoms with Gasteiger partial charge in [-0.1, -0.05) is 0 Å². The fourth-order valence-electron chi connectivity index (χ4n) is 2.25. The van der Waals surface area contributed by atoms with Crippen LogP contribution in [0, 0.1) is 5.92 Å². The van der Waals surface area contributed by atoms with Gasteiger partial charge >= 0.3 is 18.0 Å². The molecule has 1 N–H and O–H groups in total. The summed E-state index contributed by atoms with van der Waals surface area (Å²) in [5, 5.41) is 8.74. The largest absolute Gasteiger partial charge is 0.481 e. The van der Waals surface area contributed by atoms with Crippen LogP contribution < -0.4 is 0 Å². The standard InChI is InChI=1S/C13H22N2O5/c1-3-20-12(18)5-6-14(2)13(19)15-7-4-10(9-15)8-11(16)17/h10H,3-9H2,1-2H3,(H,16,17). The summed E-state index contributed by atoms with van der Waals surface area (Å²) in [6, 6.07) is -0.165. The van der Waals surface area contributed by atoms with Crippen molar-refractivity contribution in [2.75, 3.05) is 33.3 Å². The molecule has 1 saturated heterocycles. The van der Waals surface area contributed by atoms with Crippen LogP contribution in [-0.2, 0) is 14.3 Å². The van der Waals surface area contributed by atoms with Crippen LogP contribution in [0.25, 0.3) is 0 Å². The Hall–Kier alpha value is -1.79. The first-order valence-corrected chi connectivity index (χ1v) is 6.81. The molecule has 2 amide bonds. The van der Waals surface area contributed by atoms with Crippen molar-refractivity contribution in [2.45, 2.75) is 26.2 Å². The zero-order chi connectivity index (χ0) is 15.1. The SMILES string of the molecule is CCOC(=O)CCN(C)C(=O)N1CCC(CC(=O)O)C1. The smallest absolute Gasteiger partial charge is 0.319 e. The van der Waals surface area contributed by atoms with E-state index in [1.54, 1.807) is 18.9 Å². The fourth-order valence-corrected chi connectivity index (χ4v) is 2.25. The van der Waals surface area contributed by atoms with Crippen molar-refractivity contribution in [3.8, 4) is 0 Å². The molecule has 1 unspecified atom stereocenters. The lowest BCUT2D eigenvalue weighted by molar-refractivity contribution is -0.143. The number of aliphatic carboxylic acids is 1. The highest BCUT2D eigenvalue weighted by Crippen LogP contribution is 2.20. The first-order valence-electron chi connectivity index (χ1n) is 6.81. The van der Waals surface area contributed by atoms with Crippen molar-refractivity contribution < 1.29 is 24.2 Å². The number of rotatable bonds is 6. The number of hydrogen-bond acceptors (Lipinski definition) is 4. The molecule has 7 heteroatoms. The van der Waals surface area contributed by atoms with Crippen molar-refractivity contribution in [3.63, 3.8) is 0 Å². The van der Waals surface area contributed by atoms with Crippen LogP contribution in [0.1, 0.15) is 26.2 Å². The summed E-state index contributed by atoms with van der Waals surface area (Å²) in [5.41, 5.74) is 0. The third kappa shape index (κ3) is 5.07. The molecule has 0 bridgehead atoms. The minimum Gasteiger partial charge on any atom is -0.481 e. The number of carboxylic acid groups (broad SMARTS) is 1. The summed E-state index contributed by atoms with van der Waals surface area (Å²) < 4.78 is 4.80. The van der Waals surface area contributed by atoms with E-state index in [2.05, 4.69) is 0 Å². The van der Waals surface area contributed by atoms with Crippen LogP contribution in [0.15, 0.2) is 0 Å². The van der Waals surface area contributed by atoms with E-state index in [1.165, 1.54) is 4.90 Å². The highest BCUT2D eigenvalue weighted by molar-refractivity contribution is 5.76. The van der Waals surface area contributed by atoms with Crippen LogP contribution in [0.5, 0.6) is 0 Å². The van der Waals surface area contributed by atoms with Gasteiger partial charge in [-0.2, -0.15) is 0 Å². The quantitative estimate of drug-likeness (QED) is 0.729. The van der Waals surface area contributed by atoms with E-state index in [0.29, 0.717) is 32.7 Å². The van der Waals surface area contributed by atoms with Crippen LogP contribution in [0.4, 0.5) is 4.79 Å². The maximum atomic E-state index is 12.1. The summed E-state index contributed by atoms with van der Waals surface area (Å²) in [7, 11) is 1.63. The molecule has 1 atom stereocenters. The molecule has 114 valence electrons. The van der Waals surface area contributed by atoms with E-state index in [4.69, 9.17) is 9.84 Å².